The Balaban J connectivity index is 4.45. The summed E-state index contributed by atoms with van der Waals surface area (Å²) in [6.07, 6.45) is -5.57. The van der Waals surface area contributed by atoms with E-state index in [4.69, 9.17) is 5.11 Å². The molecule has 0 saturated carbocycles. The van der Waals surface area contributed by atoms with Crippen LogP contribution in [0, 0.1) is 5.92 Å². The fourth-order valence-electron chi connectivity index (χ4n) is 0.394. The highest BCUT2D eigenvalue weighted by Crippen LogP contribution is 2.40. The molecule has 0 aromatic carbocycles. The quantitative estimate of drug-likeness (QED) is 0.639. The van der Waals surface area contributed by atoms with Crippen molar-refractivity contribution < 1.29 is 27.1 Å². The van der Waals surface area contributed by atoms with Crippen LogP contribution in [0.3, 0.4) is 0 Å². The van der Waals surface area contributed by atoms with Gasteiger partial charge in [-0.1, -0.05) is 6.92 Å². The van der Waals surface area contributed by atoms with Gasteiger partial charge in [-0.3, -0.25) is 0 Å². The summed E-state index contributed by atoms with van der Waals surface area (Å²) < 4.78 is 58.3. The summed E-state index contributed by atoms with van der Waals surface area (Å²) >= 11 is 0. The van der Waals surface area contributed by atoms with Gasteiger partial charge in [-0.15, -0.1) is 0 Å². The largest absolute Gasteiger partial charge is 0.453 e. The average molecular weight is 178 g/mol. The maximum atomic E-state index is 12.0. The van der Waals surface area contributed by atoms with Gasteiger partial charge in [-0.05, 0) is 0 Å². The van der Waals surface area contributed by atoms with E-state index in [1.165, 1.54) is 0 Å². The summed E-state index contributed by atoms with van der Waals surface area (Å²) in [7, 11) is 0. The fraction of sp³-hybridized carbons (Fsp3) is 1.00. The second kappa shape index (κ2) is 2.92. The van der Waals surface area contributed by atoms with Crippen molar-refractivity contribution in [1.82, 2.24) is 0 Å². The molecule has 1 N–H and O–H groups in total. The lowest BCUT2D eigenvalue weighted by atomic mass is 10.1. The molecule has 0 fully saturated rings. The molecule has 0 aliphatic heterocycles. The third-order valence-corrected chi connectivity index (χ3v) is 1.27. The first-order valence-corrected chi connectivity index (χ1v) is 2.79. The molecule has 0 aromatic heterocycles. The lowest BCUT2D eigenvalue weighted by Gasteiger charge is -2.23. The van der Waals surface area contributed by atoms with E-state index >= 15 is 0 Å². The number of aliphatic hydroxyl groups is 1. The van der Waals surface area contributed by atoms with Crippen LogP contribution in [-0.4, -0.2) is 23.8 Å². The first-order valence-electron chi connectivity index (χ1n) is 2.79. The van der Waals surface area contributed by atoms with Gasteiger partial charge in [0.05, 0.1) is 12.5 Å². The smallest absolute Gasteiger partial charge is 0.396 e. The minimum absolute atomic E-state index is 0.632. The van der Waals surface area contributed by atoms with Crippen LogP contribution >= 0.6 is 0 Å². The maximum Gasteiger partial charge on any atom is 0.453 e. The SMILES string of the molecule is C[C@H](CO)C(F)(F)C(F)(F)F. The summed E-state index contributed by atoms with van der Waals surface area (Å²) in [6, 6.07) is 0. The zero-order valence-corrected chi connectivity index (χ0v) is 5.62. The summed E-state index contributed by atoms with van der Waals surface area (Å²) in [5, 5.41) is 8.05. The molecule has 1 atom stereocenters. The van der Waals surface area contributed by atoms with Gasteiger partial charge in [-0.2, -0.15) is 22.0 Å². The van der Waals surface area contributed by atoms with Crippen LogP contribution in [-0.2, 0) is 0 Å². The van der Waals surface area contributed by atoms with Gasteiger partial charge in [0, 0.05) is 0 Å². The van der Waals surface area contributed by atoms with Gasteiger partial charge >= 0.3 is 12.1 Å². The van der Waals surface area contributed by atoms with Gasteiger partial charge < -0.3 is 5.11 Å². The molecule has 11 heavy (non-hydrogen) atoms. The zero-order valence-electron chi connectivity index (χ0n) is 5.62. The second-order valence-corrected chi connectivity index (χ2v) is 2.20. The first-order chi connectivity index (χ1) is 4.73. The Hall–Kier alpha value is -0.390. The van der Waals surface area contributed by atoms with E-state index in [-0.39, 0.29) is 0 Å². The fourth-order valence-corrected chi connectivity index (χ4v) is 0.394. The van der Waals surface area contributed by atoms with Crippen LogP contribution in [0.5, 0.6) is 0 Å². The number of rotatable bonds is 2. The molecule has 0 aliphatic rings. The third-order valence-electron chi connectivity index (χ3n) is 1.27. The standard InChI is InChI=1S/C5H7F5O/c1-3(2-11)4(6,7)5(8,9)10/h3,11H,2H2,1H3/t3-/m1/s1. The Bertz CT molecular complexity index is 129. The third kappa shape index (κ3) is 2.02. The number of alkyl halides is 5. The highest BCUT2D eigenvalue weighted by molar-refractivity contribution is 4.80. The van der Waals surface area contributed by atoms with Gasteiger partial charge in [0.15, 0.2) is 0 Å². The number of hydrogen-bond acceptors (Lipinski definition) is 1. The Kier molecular flexibility index (Phi) is 2.82. The molecule has 0 aromatic rings. The molecule has 0 amide bonds. The van der Waals surface area contributed by atoms with E-state index in [0.717, 1.165) is 0 Å². The van der Waals surface area contributed by atoms with Crippen molar-refractivity contribution >= 4 is 0 Å². The normalized spacial score (nSPS) is 16.6. The molecule has 0 rings (SSSR count). The second-order valence-electron chi connectivity index (χ2n) is 2.20. The lowest BCUT2D eigenvalue weighted by Crippen LogP contribution is -2.43. The summed E-state index contributed by atoms with van der Waals surface area (Å²) in [5.74, 6) is -6.90. The van der Waals surface area contributed by atoms with Gasteiger partial charge in [0.2, 0.25) is 0 Å². The van der Waals surface area contributed by atoms with Crippen LogP contribution < -0.4 is 0 Å². The van der Waals surface area contributed by atoms with Crippen molar-refractivity contribution in [2.75, 3.05) is 6.61 Å². The van der Waals surface area contributed by atoms with Crippen LogP contribution in [0.1, 0.15) is 6.92 Å². The van der Waals surface area contributed by atoms with Gasteiger partial charge in [0.1, 0.15) is 0 Å². The van der Waals surface area contributed by atoms with Crippen molar-refractivity contribution in [1.29, 1.82) is 0 Å². The molecule has 0 heterocycles. The minimum Gasteiger partial charge on any atom is -0.396 e. The highest BCUT2D eigenvalue weighted by Gasteiger charge is 2.60. The molecule has 0 radical (unpaired) electrons. The minimum atomic E-state index is -5.57. The molecular formula is C5H7F5O. The van der Waals surface area contributed by atoms with Gasteiger partial charge in [-0.25, -0.2) is 0 Å². The number of halogens is 5. The molecule has 0 saturated heterocycles. The van der Waals surface area contributed by atoms with E-state index in [1.807, 2.05) is 0 Å². The summed E-state index contributed by atoms with van der Waals surface area (Å²) in [4.78, 5) is 0. The Labute approximate surface area is 59.8 Å². The summed E-state index contributed by atoms with van der Waals surface area (Å²) in [6.45, 7) is -0.556. The van der Waals surface area contributed by atoms with Crippen LogP contribution in [0.2, 0.25) is 0 Å². The number of aliphatic hydroxyl groups excluding tert-OH is 1. The predicted molar refractivity (Wildman–Crippen MR) is 27.3 cm³/mol. The van der Waals surface area contributed by atoms with E-state index in [2.05, 4.69) is 0 Å². The maximum absolute atomic E-state index is 12.0. The van der Waals surface area contributed by atoms with Crippen molar-refractivity contribution in [3.05, 3.63) is 0 Å². The Morgan fingerprint density at radius 1 is 1.18 bits per heavy atom. The van der Waals surface area contributed by atoms with Gasteiger partial charge in [0.25, 0.3) is 0 Å². The summed E-state index contributed by atoms with van der Waals surface area (Å²) in [5.41, 5.74) is 0. The average Bonchev–Trinajstić information content (AvgIpc) is 1.83. The molecular weight excluding hydrogens is 171 g/mol. The van der Waals surface area contributed by atoms with E-state index in [0.29, 0.717) is 6.92 Å². The molecule has 68 valence electrons. The monoisotopic (exact) mass is 178 g/mol. The Morgan fingerprint density at radius 2 is 1.55 bits per heavy atom. The van der Waals surface area contributed by atoms with Crippen molar-refractivity contribution in [3.8, 4) is 0 Å². The van der Waals surface area contributed by atoms with Crippen molar-refractivity contribution in [3.63, 3.8) is 0 Å². The van der Waals surface area contributed by atoms with Crippen molar-refractivity contribution in [2.45, 2.75) is 19.0 Å². The van der Waals surface area contributed by atoms with E-state index < -0.39 is 24.6 Å². The topological polar surface area (TPSA) is 20.2 Å². The molecule has 0 aliphatic carbocycles. The lowest BCUT2D eigenvalue weighted by molar-refractivity contribution is -0.303. The van der Waals surface area contributed by atoms with Crippen LogP contribution in [0.4, 0.5) is 22.0 Å². The molecule has 0 spiro atoms. The highest BCUT2D eigenvalue weighted by atomic mass is 19.4. The van der Waals surface area contributed by atoms with E-state index in [9.17, 15) is 22.0 Å². The predicted octanol–water partition coefficient (Wildman–Crippen LogP) is 1.81. The zero-order chi connectivity index (χ0) is 9.28. The Morgan fingerprint density at radius 3 is 1.64 bits per heavy atom. The van der Waals surface area contributed by atoms with Crippen LogP contribution in [0.15, 0.2) is 0 Å². The number of hydrogen-bond donors (Lipinski definition) is 1. The molecule has 6 heteroatoms. The molecule has 0 unspecified atom stereocenters. The van der Waals surface area contributed by atoms with Crippen LogP contribution in [0.25, 0.3) is 0 Å². The first kappa shape index (κ1) is 10.6. The van der Waals surface area contributed by atoms with Crippen molar-refractivity contribution in [2.24, 2.45) is 5.92 Å². The van der Waals surface area contributed by atoms with E-state index in [1.54, 1.807) is 0 Å². The molecule has 0 bridgehead atoms. The molecule has 1 nitrogen and oxygen atoms in total.